The third-order valence-electron chi connectivity index (χ3n) is 3.61. The second-order valence-corrected chi connectivity index (χ2v) is 5.19. The molecule has 0 radical (unpaired) electrons. The van der Waals surface area contributed by atoms with Crippen molar-refractivity contribution < 1.29 is 9.90 Å². The van der Waals surface area contributed by atoms with E-state index in [1.54, 1.807) is 25.1 Å². The van der Waals surface area contributed by atoms with Gasteiger partial charge < -0.3 is 15.4 Å². The Morgan fingerprint density at radius 3 is 2.71 bits per heavy atom. The van der Waals surface area contributed by atoms with Gasteiger partial charge in [-0.2, -0.15) is 0 Å². The molecule has 0 saturated carbocycles. The average Bonchev–Trinajstić information content (AvgIpc) is 2.92. The zero-order valence-electron chi connectivity index (χ0n) is 11.9. The van der Waals surface area contributed by atoms with Crippen molar-refractivity contribution in [2.75, 3.05) is 5.32 Å². The van der Waals surface area contributed by atoms with Crippen molar-refractivity contribution in [1.82, 2.24) is 4.98 Å². The molecule has 0 unspecified atom stereocenters. The Bertz CT molecular complexity index is 834. The van der Waals surface area contributed by atoms with Gasteiger partial charge in [0.15, 0.2) is 0 Å². The summed E-state index contributed by atoms with van der Waals surface area (Å²) >= 11 is 0. The fourth-order valence-electron chi connectivity index (χ4n) is 2.32. The summed E-state index contributed by atoms with van der Waals surface area (Å²) in [5, 5.41) is 13.6. The molecule has 0 aliphatic carbocycles. The Labute approximate surface area is 122 Å². The van der Waals surface area contributed by atoms with E-state index in [4.69, 9.17) is 0 Å². The van der Waals surface area contributed by atoms with Gasteiger partial charge in [0.1, 0.15) is 5.75 Å². The van der Waals surface area contributed by atoms with Gasteiger partial charge in [0.2, 0.25) is 0 Å². The molecule has 4 nitrogen and oxygen atoms in total. The Hall–Kier alpha value is -2.75. The molecular formula is C17H16N2O2. The van der Waals surface area contributed by atoms with Crippen LogP contribution in [-0.2, 0) is 0 Å². The van der Waals surface area contributed by atoms with E-state index in [0.717, 1.165) is 22.0 Å². The largest absolute Gasteiger partial charge is 0.508 e. The van der Waals surface area contributed by atoms with Gasteiger partial charge in [-0.3, -0.25) is 4.79 Å². The molecule has 0 aliphatic rings. The first-order chi connectivity index (χ1) is 10.0. The molecule has 4 heteroatoms. The Morgan fingerprint density at radius 1 is 1.10 bits per heavy atom. The highest BCUT2D eigenvalue weighted by Crippen LogP contribution is 2.25. The van der Waals surface area contributed by atoms with Crippen LogP contribution in [0.2, 0.25) is 0 Å². The van der Waals surface area contributed by atoms with E-state index in [0.29, 0.717) is 11.3 Å². The number of carbonyl (C=O) groups excluding carboxylic acids is 1. The third-order valence-corrected chi connectivity index (χ3v) is 3.61. The highest BCUT2D eigenvalue weighted by Gasteiger charge is 2.10. The smallest absolute Gasteiger partial charge is 0.255 e. The molecule has 0 bridgehead atoms. The minimum absolute atomic E-state index is 0.167. The van der Waals surface area contributed by atoms with Gasteiger partial charge in [0.05, 0.1) is 0 Å². The van der Waals surface area contributed by atoms with E-state index in [9.17, 15) is 9.90 Å². The lowest BCUT2D eigenvalue weighted by atomic mass is 10.1. The number of H-pyrrole nitrogens is 1. The van der Waals surface area contributed by atoms with Gasteiger partial charge in [-0.15, -0.1) is 0 Å². The van der Waals surface area contributed by atoms with Gasteiger partial charge >= 0.3 is 0 Å². The summed E-state index contributed by atoms with van der Waals surface area (Å²) in [5.41, 5.74) is 3.79. The molecule has 106 valence electrons. The maximum absolute atomic E-state index is 12.3. The predicted octanol–water partition coefficient (Wildman–Crippen LogP) is 3.74. The number of anilines is 1. The highest BCUT2D eigenvalue weighted by atomic mass is 16.3. The van der Waals surface area contributed by atoms with Gasteiger partial charge in [-0.25, -0.2) is 0 Å². The van der Waals surface area contributed by atoms with E-state index < -0.39 is 0 Å². The Kier molecular flexibility index (Phi) is 3.14. The summed E-state index contributed by atoms with van der Waals surface area (Å²) in [6.45, 7) is 3.65. The molecule has 3 N–H and O–H groups in total. The predicted molar refractivity (Wildman–Crippen MR) is 83.8 cm³/mol. The number of aromatic amines is 1. The number of amides is 1. The van der Waals surface area contributed by atoms with Crippen LogP contribution in [0.4, 0.5) is 5.69 Å². The number of carbonyl (C=O) groups is 1. The van der Waals surface area contributed by atoms with E-state index in [1.807, 2.05) is 31.3 Å². The third kappa shape index (κ3) is 2.48. The van der Waals surface area contributed by atoms with Gasteiger partial charge in [0.25, 0.3) is 5.91 Å². The lowest BCUT2D eigenvalue weighted by molar-refractivity contribution is 0.102. The normalized spacial score (nSPS) is 10.8. The summed E-state index contributed by atoms with van der Waals surface area (Å²) in [6, 6.07) is 10.9. The summed E-state index contributed by atoms with van der Waals surface area (Å²) in [4.78, 5) is 15.4. The molecule has 0 saturated heterocycles. The minimum atomic E-state index is -0.167. The van der Waals surface area contributed by atoms with Crippen LogP contribution < -0.4 is 5.32 Å². The van der Waals surface area contributed by atoms with E-state index in [1.165, 1.54) is 0 Å². The van der Waals surface area contributed by atoms with Crippen molar-refractivity contribution in [2.24, 2.45) is 0 Å². The second kappa shape index (κ2) is 4.98. The van der Waals surface area contributed by atoms with Crippen LogP contribution in [0.15, 0.2) is 42.6 Å². The molecule has 0 atom stereocenters. The van der Waals surface area contributed by atoms with Crippen LogP contribution in [0.1, 0.15) is 21.5 Å². The Balaban J connectivity index is 1.90. The number of hydrogen-bond acceptors (Lipinski definition) is 2. The summed E-state index contributed by atoms with van der Waals surface area (Å²) in [7, 11) is 0. The van der Waals surface area contributed by atoms with E-state index in [-0.39, 0.29) is 11.7 Å². The van der Waals surface area contributed by atoms with Crippen molar-refractivity contribution in [1.29, 1.82) is 0 Å². The second-order valence-electron chi connectivity index (χ2n) is 5.19. The topological polar surface area (TPSA) is 65.1 Å². The van der Waals surface area contributed by atoms with Gasteiger partial charge in [-0.1, -0.05) is 6.07 Å². The van der Waals surface area contributed by atoms with Gasteiger partial charge in [-0.05, 0) is 60.7 Å². The fraction of sp³-hybridized carbons (Fsp3) is 0.118. The molecule has 1 amide bonds. The zero-order chi connectivity index (χ0) is 15.0. The number of phenolic OH excluding ortho intramolecular Hbond substituents is 1. The van der Waals surface area contributed by atoms with Crippen molar-refractivity contribution in [3.63, 3.8) is 0 Å². The zero-order valence-corrected chi connectivity index (χ0v) is 11.9. The maximum atomic E-state index is 12.3. The number of fused-ring (bicyclic) bond motifs is 1. The molecule has 2 aromatic carbocycles. The first-order valence-corrected chi connectivity index (χ1v) is 6.73. The fourth-order valence-corrected chi connectivity index (χ4v) is 2.32. The molecule has 1 aromatic heterocycles. The molecule has 0 fully saturated rings. The monoisotopic (exact) mass is 280 g/mol. The molecule has 3 rings (SSSR count). The number of rotatable bonds is 2. The van der Waals surface area contributed by atoms with Crippen molar-refractivity contribution >= 4 is 22.5 Å². The quantitative estimate of drug-likeness (QED) is 0.626. The standard InChI is InChI=1S/C17H16N2O2/c1-10-8-16(20)11(2)7-14(10)19-17(21)13-4-3-12-5-6-18-15(12)9-13/h3-9,18,20H,1-2H3,(H,19,21). The summed E-state index contributed by atoms with van der Waals surface area (Å²) < 4.78 is 0. The summed E-state index contributed by atoms with van der Waals surface area (Å²) in [5.74, 6) is 0.0676. The maximum Gasteiger partial charge on any atom is 0.255 e. The number of aromatic hydroxyl groups is 1. The molecule has 1 heterocycles. The average molecular weight is 280 g/mol. The van der Waals surface area contributed by atoms with Gasteiger partial charge in [0, 0.05) is 23.0 Å². The highest BCUT2D eigenvalue weighted by molar-refractivity contribution is 6.06. The Morgan fingerprint density at radius 2 is 1.90 bits per heavy atom. The molecule has 21 heavy (non-hydrogen) atoms. The number of nitrogens with one attached hydrogen (secondary N) is 2. The van der Waals surface area contributed by atoms with Crippen LogP contribution in [0.3, 0.4) is 0 Å². The number of hydrogen-bond donors (Lipinski definition) is 3. The molecular weight excluding hydrogens is 264 g/mol. The van der Waals surface area contributed by atoms with Crippen molar-refractivity contribution in [3.05, 3.63) is 59.3 Å². The SMILES string of the molecule is Cc1cc(NC(=O)c2ccc3cc[nH]c3c2)c(C)cc1O. The molecule has 0 spiro atoms. The number of aryl methyl sites for hydroxylation is 2. The number of phenols is 1. The van der Waals surface area contributed by atoms with Crippen LogP contribution in [0.5, 0.6) is 5.75 Å². The van der Waals surface area contributed by atoms with Crippen molar-refractivity contribution in [3.8, 4) is 5.75 Å². The minimum Gasteiger partial charge on any atom is -0.508 e. The first kappa shape index (κ1) is 13.2. The molecule has 3 aromatic rings. The van der Waals surface area contributed by atoms with Crippen LogP contribution in [-0.4, -0.2) is 16.0 Å². The lowest BCUT2D eigenvalue weighted by Gasteiger charge is -2.11. The first-order valence-electron chi connectivity index (χ1n) is 6.73. The van der Waals surface area contributed by atoms with E-state index in [2.05, 4.69) is 10.3 Å². The molecule has 0 aliphatic heterocycles. The van der Waals surface area contributed by atoms with E-state index >= 15 is 0 Å². The number of aromatic nitrogens is 1. The van der Waals surface area contributed by atoms with Crippen LogP contribution >= 0.6 is 0 Å². The van der Waals surface area contributed by atoms with Crippen molar-refractivity contribution in [2.45, 2.75) is 13.8 Å². The number of benzene rings is 2. The summed E-state index contributed by atoms with van der Waals surface area (Å²) in [6.07, 6.45) is 1.85. The van der Waals surface area contributed by atoms with Crippen LogP contribution in [0, 0.1) is 13.8 Å². The van der Waals surface area contributed by atoms with Crippen LogP contribution in [0.25, 0.3) is 10.9 Å². The lowest BCUT2D eigenvalue weighted by Crippen LogP contribution is -2.12.